The number of hydrogen-bond donors (Lipinski definition) is 0. The van der Waals surface area contributed by atoms with Gasteiger partial charge in [-0.2, -0.15) is 0 Å². The van der Waals surface area contributed by atoms with E-state index in [0.29, 0.717) is 11.4 Å². The molecule has 5 nitrogen and oxygen atoms in total. The smallest absolute Gasteiger partial charge is 0.349 e. The number of benzene rings is 1. The van der Waals surface area contributed by atoms with Crippen molar-refractivity contribution >= 4 is 23.5 Å². The molecule has 1 aliphatic carbocycles. The van der Waals surface area contributed by atoms with Gasteiger partial charge in [-0.15, -0.1) is 0 Å². The van der Waals surface area contributed by atoms with Gasteiger partial charge < -0.3 is 14.2 Å². The van der Waals surface area contributed by atoms with Crippen LogP contribution in [0.4, 0.5) is 0 Å². The van der Waals surface area contributed by atoms with E-state index in [4.69, 9.17) is 21.1 Å². The second-order valence-corrected chi connectivity index (χ2v) is 5.34. The van der Waals surface area contributed by atoms with Gasteiger partial charge in [-0.3, -0.25) is 4.79 Å². The summed E-state index contributed by atoms with van der Waals surface area (Å²) in [6, 6.07) is 7.38. The number of rotatable bonds is 6. The third kappa shape index (κ3) is 3.95. The number of ether oxygens (including phenoxy) is 3. The number of hydrogen-bond acceptors (Lipinski definition) is 5. The Labute approximate surface area is 128 Å². The van der Waals surface area contributed by atoms with Gasteiger partial charge in [-0.05, 0) is 30.0 Å². The average Bonchev–Trinajstić information content (AvgIpc) is 3.27. The summed E-state index contributed by atoms with van der Waals surface area (Å²) in [7, 11) is 2.67. The highest BCUT2D eigenvalue weighted by atomic mass is 35.5. The lowest BCUT2D eigenvalue weighted by Crippen LogP contribution is -2.33. The first kappa shape index (κ1) is 15.8. The summed E-state index contributed by atoms with van der Waals surface area (Å²) in [6.07, 6.45) is -0.305. The van der Waals surface area contributed by atoms with E-state index >= 15 is 0 Å². The Morgan fingerprint density at radius 1 is 1.29 bits per heavy atom. The normalized spacial score (nSPS) is 21.5. The Kier molecular flexibility index (Phi) is 5.20. The van der Waals surface area contributed by atoms with Crippen molar-refractivity contribution in [2.45, 2.75) is 18.4 Å². The monoisotopic (exact) mass is 312 g/mol. The number of carbonyl (C=O) groups is 2. The minimum Gasteiger partial charge on any atom is -0.466 e. The first-order chi connectivity index (χ1) is 10.1. The first-order valence-electron chi connectivity index (χ1n) is 6.59. The predicted molar refractivity (Wildman–Crippen MR) is 76.1 cm³/mol. The van der Waals surface area contributed by atoms with Crippen molar-refractivity contribution in [3.05, 3.63) is 34.9 Å². The van der Waals surface area contributed by atoms with Gasteiger partial charge in [0.05, 0.1) is 19.6 Å². The van der Waals surface area contributed by atoms with E-state index < -0.39 is 18.0 Å². The van der Waals surface area contributed by atoms with Gasteiger partial charge in [-0.1, -0.05) is 23.7 Å². The van der Waals surface area contributed by atoms with Crippen LogP contribution in [-0.4, -0.2) is 38.9 Å². The molecule has 3 atom stereocenters. The summed E-state index contributed by atoms with van der Waals surface area (Å²) < 4.78 is 14.6. The lowest BCUT2D eigenvalue weighted by atomic mass is 10.1. The summed E-state index contributed by atoms with van der Waals surface area (Å²) in [6.45, 7) is -0.0171. The van der Waals surface area contributed by atoms with Crippen molar-refractivity contribution < 1.29 is 23.8 Å². The van der Waals surface area contributed by atoms with Crippen molar-refractivity contribution in [3.8, 4) is 0 Å². The molecule has 114 valence electrons. The third-order valence-corrected chi connectivity index (χ3v) is 3.68. The number of carbonyl (C=O) groups excluding carboxylic acids is 2. The zero-order valence-electron chi connectivity index (χ0n) is 11.9. The standard InChI is InChI=1S/C15H17ClO5/c1-19-8-13(15(18)20-2)21-14(17)12-7-11(12)9-3-5-10(16)6-4-9/h3-6,11-13H,7-8H2,1-2H3/t11-,12+,13+/m1/s1. The minimum absolute atomic E-state index is 0.0171. The van der Waals surface area contributed by atoms with Crippen LogP contribution in [0.3, 0.4) is 0 Å². The Hall–Kier alpha value is -1.59. The van der Waals surface area contributed by atoms with E-state index in [9.17, 15) is 9.59 Å². The summed E-state index contributed by atoms with van der Waals surface area (Å²) in [5.41, 5.74) is 1.04. The molecule has 0 spiro atoms. The molecule has 0 unspecified atom stereocenters. The average molecular weight is 313 g/mol. The molecule has 0 bridgehead atoms. The zero-order valence-corrected chi connectivity index (χ0v) is 12.6. The quantitative estimate of drug-likeness (QED) is 0.753. The molecule has 6 heteroatoms. The largest absolute Gasteiger partial charge is 0.466 e. The van der Waals surface area contributed by atoms with E-state index in [1.54, 1.807) is 12.1 Å². The lowest BCUT2D eigenvalue weighted by Gasteiger charge is -2.14. The Morgan fingerprint density at radius 2 is 1.95 bits per heavy atom. The molecule has 0 heterocycles. The van der Waals surface area contributed by atoms with Crippen LogP contribution in [0.1, 0.15) is 17.9 Å². The summed E-state index contributed by atoms with van der Waals surface area (Å²) >= 11 is 5.83. The fourth-order valence-corrected chi connectivity index (χ4v) is 2.32. The van der Waals surface area contributed by atoms with Crippen LogP contribution in [0.5, 0.6) is 0 Å². The summed E-state index contributed by atoms with van der Waals surface area (Å²) in [5, 5.41) is 0.657. The fraction of sp³-hybridized carbons (Fsp3) is 0.467. The topological polar surface area (TPSA) is 61.8 Å². The molecule has 1 aliphatic rings. The molecule has 21 heavy (non-hydrogen) atoms. The van der Waals surface area contributed by atoms with E-state index in [1.807, 2.05) is 12.1 Å². The molecule has 0 saturated heterocycles. The summed E-state index contributed by atoms with van der Waals surface area (Å²) in [5.74, 6) is -1.12. The number of halogens is 1. The van der Waals surface area contributed by atoms with Gasteiger partial charge >= 0.3 is 11.9 Å². The Balaban J connectivity index is 1.93. The predicted octanol–water partition coefficient (Wildman–Crippen LogP) is 2.17. The third-order valence-electron chi connectivity index (χ3n) is 3.43. The molecular formula is C15H17ClO5. The fourth-order valence-electron chi connectivity index (χ4n) is 2.19. The van der Waals surface area contributed by atoms with Gasteiger partial charge in [0.25, 0.3) is 0 Å². The molecule has 0 amide bonds. The van der Waals surface area contributed by atoms with Crippen molar-refractivity contribution in [1.29, 1.82) is 0 Å². The van der Waals surface area contributed by atoms with E-state index in [2.05, 4.69) is 4.74 Å². The molecule has 1 aromatic carbocycles. The highest BCUT2D eigenvalue weighted by Crippen LogP contribution is 2.48. The van der Waals surface area contributed by atoms with Crippen LogP contribution < -0.4 is 0 Å². The molecule has 2 rings (SSSR count). The zero-order chi connectivity index (χ0) is 15.4. The maximum atomic E-state index is 12.0. The number of methoxy groups -OCH3 is 2. The van der Waals surface area contributed by atoms with Gasteiger partial charge in [-0.25, -0.2) is 4.79 Å². The van der Waals surface area contributed by atoms with Gasteiger partial charge in [0.15, 0.2) is 0 Å². The lowest BCUT2D eigenvalue weighted by molar-refractivity contribution is -0.170. The van der Waals surface area contributed by atoms with Gasteiger partial charge in [0, 0.05) is 12.1 Å². The second-order valence-electron chi connectivity index (χ2n) is 4.90. The highest BCUT2D eigenvalue weighted by molar-refractivity contribution is 6.30. The van der Waals surface area contributed by atoms with Crippen molar-refractivity contribution in [2.75, 3.05) is 20.8 Å². The van der Waals surface area contributed by atoms with Crippen molar-refractivity contribution in [1.82, 2.24) is 0 Å². The van der Waals surface area contributed by atoms with Gasteiger partial charge in [0.1, 0.15) is 0 Å². The van der Waals surface area contributed by atoms with Crippen molar-refractivity contribution in [3.63, 3.8) is 0 Å². The van der Waals surface area contributed by atoms with E-state index in [-0.39, 0.29) is 18.4 Å². The molecule has 0 N–H and O–H groups in total. The number of esters is 2. The Bertz CT molecular complexity index is 513. The molecule has 0 radical (unpaired) electrons. The first-order valence-corrected chi connectivity index (χ1v) is 6.97. The molecule has 1 fully saturated rings. The molecule has 0 aliphatic heterocycles. The van der Waals surface area contributed by atoms with Crippen molar-refractivity contribution in [2.24, 2.45) is 5.92 Å². The molecule has 0 aromatic heterocycles. The Morgan fingerprint density at radius 3 is 2.52 bits per heavy atom. The maximum absolute atomic E-state index is 12.0. The SMILES string of the molecule is COC[C@H](OC(=O)[C@H]1C[C@@H]1c1ccc(Cl)cc1)C(=O)OC. The minimum atomic E-state index is -1.01. The van der Waals surface area contributed by atoms with Crippen LogP contribution in [-0.2, 0) is 23.8 Å². The van der Waals surface area contributed by atoms with Crippen LogP contribution in [0, 0.1) is 5.92 Å². The van der Waals surface area contributed by atoms with Crippen LogP contribution in [0.2, 0.25) is 5.02 Å². The van der Waals surface area contributed by atoms with Crippen LogP contribution in [0.15, 0.2) is 24.3 Å². The second kappa shape index (κ2) is 6.91. The maximum Gasteiger partial charge on any atom is 0.349 e. The van der Waals surface area contributed by atoms with E-state index in [1.165, 1.54) is 14.2 Å². The van der Waals surface area contributed by atoms with Gasteiger partial charge in [0.2, 0.25) is 6.10 Å². The van der Waals surface area contributed by atoms with E-state index in [0.717, 1.165) is 5.56 Å². The van der Waals surface area contributed by atoms with Crippen LogP contribution in [0.25, 0.3) is 0 Å². The molecule has 1 aromatic rings. The molecular weight excluding hydrogens is 296 g/mol. The highest BCUT2D eigenvalue weighted by Gasteiger charge is 2.46. The summed E-state index contributed by atoms with van der Waals surface area (Å²) in [4.78, 5) is 23.5. The van der Waals surface area contributed by atoms with Crippen LogP contribution >= 0.6 is 11.6 Å². The molecule has 1 saturated carbocycles.